The summed E-state index contributed by atoms with van der Waals surface area (Å²) in [5, 5.41) is 4.33. The minimum Gasteiger partial charge on any atom is -0.310 e. The predicted molar refractivity (Wildman–Crippen MR) is 89.1 cm³/mol. The number of hydrogen-bond acceptors (Lipinski definition) is 2. The average molecular weight is 279 g/mol. The molecule has 1 aromatic rings. The van der Waals surface area contributed by atoms with E-state index < -0.39 is 0 Å². The van der Waals surface area contributed by atoms with Gasteiger partial charge in [-0.05, 0) is 43.0 Å². The van der Waals surface area contributed by atoms with E-state index in [1.807, 2.05) is 0 Å². The van der Waals surface area contributed by atoms with Crippen LogP contribution in [0.2, 0.25) is 0 Å². The molecule has 0 aliphatic rings. The molecule has 1 N–H and O–H groups in total. The summed E-state index contributed by atoms with van der Waals surface area (Å²) >= 11 is 2.07. The largest absolute Gasteiger partial charge is 0.310 e. The zero-order valence-electron chi connectivity index (χ0n) is 13.3. The summed E-state index contributed by atoms with van der Waals surface area (Å²) < 4.78 is 0. The van der Waals surface area contributed by atoms with E-state index in [2.05, 4.69) is 76.8 Å². The fourth-order valence-corrected chi connectivity index (χ4v) is 3.13. The smallest absolute Gasteiger partial charge is 0.0411 e. The van der Waals surface area contributed by atoms with E-state index in [4.69, 9.17) is 0 Å². The van der Waals surface area contributed by atoms with Gasteiger partial charge in [0.05, 0.1) is 0 Å². The number of benzene rings is 1. The van der Waals surface area contributed by atoms with Crippen LogP contribution in [0.15, 0.2) is 18.2 Å². The zero-order valence-corrected chi connectivity index (χ0v) is 14.1. The van der Waals surface area contributed by atoms with E-state index in [1.54, 1.807) is 0 Å². The van der Waals surface area contributed by atoms with Crippen LogP contribution in [0.25, 0.3) is 0 Å². The van der Waals surface area contributed by atoms with Crippen molar-refractivity contribution in [1.29, 1.82) is 0 Å². The highest BCUT2D eigenvalue weighted by Crippen LogP contribution is 2.26. The maximum atomic E-state index is 3.62. The lowest BCUT2D eigenvalue weighted by atomic mass is 10.0. The van der Waals surface area contributed by atoms with Gasteiger partial charge in [-0.15, -0.1) is 0 Å². The molecule has 2 atom stereocenters. The Labute approximate surface area is 123 Å². The van der Waals surface area contributed by atoms with Gasteiger partial charge in [0.1, 0.15) is 0 Å². The standard InChI is InChI=1S/C17H29NS/c1-7-18-17(11-19-15(6)12(2)3)16-9-8-13(4)14(5)10-16/h8-10,12,15,17-18H,7,11H2,1-6H3. The molecule has 1 rings (SSSR count). The summed E-state index contributed by atoms with van der Waals surface area (Å²) in [6, 6.07) is 7.32. The van der Waals surface area contributed by atoms with Gasteiger partial charge in [0.2, 0.25) is 0 Å². The fourth-order valence-electron chi connectivity index (χ4n) is 1.94. The van der Waals surface area contributed by atoms with Gasteiger partial charge in [-0.25, -0.2) is 0 Å². The maximum absolute atomic E-state index is 3.62. The van der Waals surface area contributed by atoms with E-state index in [-0.39, 0.29) is 0 Å². The summed E-state index contributed by atoms with van der Waals surface area (Å²) in [6.45, 7) is 14.5. The minimum atomic E-state index is 0.468. The molecule has 0 heterocycles. The average Bonchev–Trinajstić information content (AvgIpc) is 2.37. The van der Waals surface area contributed by atoms with Gasteiger partial charge in [0, 0.05) is 17.0 Å². The highest BCUT2D eigenvalue weighted by Gasteiger charge is 2.14. The third-order valence-corrected chi connectivity index (χ3v) is 5.44. The second-order valence-electron chi connectivity index (χ2n) is 5.74. The van der Waals surface area contributed by atoms with Crippen molar-refractivity contribution in [2.45, 2.75) is 52.8 Å². The Morgan fingerprint density at radius 2 is 1.79 bits per heavy atom. The minimum absolute atomic E-state index is 0.468. The van der Waals surface area contributed by atoms with Crippen LogP contribution in [0.3, 0.4) is 0 Å². The molecule has 2 unspecified atom stereocenters. The van der Waals surface area contributed by atoms with Gasteiger partial charge in [-0.2, -0.15) is 11.8 Å². The normalized spacial score (nSPS) is 14.7. The van der Waals surface area contributed by atoms with E-state index in [0.29, 0.717) is 11.3 Å². The Hall–Kier alpha value is -0.470. The van der Waals surface area contributed by atoms with Crippen molar-refractivity contribution in [1.82, 2.24) is 5.32 Å². The molecule has 0 saturated heterocycles. The lowest BCUT2D eigenvalue weighted by Crippen LogP contribution is -2.24. The van der Waals surface area contributed by atoms with Gasteiger partial charge in [-0.1, -0.05) is 45.9 Å². The van der Waals surface area contributed by atoms with Crippen LogP contribution in [0.1, 0.15) is 50.4 Å². The first-order chi connectivity index (χ1) is 8.95. The van der Waals surface area contributed by atoms with Crippen molar-refractivity contribution in [2.24, 2.45) is 5.92 Å². The Morgan fingerprint density at radius 1 is 1.11 bits per heavy atom. The predicted octanol–water partition coefficient (Wildman–Crippen LogP) is 4.73. The molecule has 0 amide bonds. The molecule has 0 radical (unpaired) electrons. The lowest BCUT2D eigenvalue weighted by Gasteiger charge is -2.22. The summed E-state index contributed by atoms with van der Waals surface area (Å²) in [7, 11) is 0. The van der Waals surface area contributed by atoms with Gasteiger partial charge < -0.3 is 5.32 Å². The van der Waals surface area contributed by atoms with Crippen LogP contribution in [0.4, 0.5) is 0 Å². The summed E-state index contributed by atoms with van der Waals surface area (Å²) in [4.78, 5) is 0. The second-order valence-corrected chi connectivity index (χ2v) is 7.15. The molecule has 0 fully saturated rings. The maximum Gasteiger partial charge on any atom is 0.0411 e. The molecule has 108 valence electrons. The second kappa shape index (κ2) is 7.96. The molecular formula is C17H29NS. The van der Waals surface area contributed by atoms with Gasteiger partial charge in [0.25, 0.3) is 0 Å². The Morgan fingerprint density at radius 3 is 2.32 bits per heavy atom. The SMILES string of the molecule is CCNC(CSC(C)C(C)C)c1ccc(C)c(C)c1. The molecular weight excluding hydrogens is 250 g/mol. The Balaban J connectivity index is 2.73. The number of rotatable bonds is 7. The number of nitrogens with one attached hydrogen (secondary N) is 1. The lowest BCUT2D eigenvalue weighted by molar-refractivity contribution is 0.598. The van der Waals surface area contributed by atoms with Crippen molar-refractivity contribution in [3.8, 4) is 0 Å². The van der Waals surface area contributed by atoms with Crippen LogP contribution in [-0.2, 0) is 0 Å². The molecule has 19 heavy (non-hydrogen) atoms. The molecule has 0 spiro atoms. The third-order valence-electron chi connectivity index (χ3n) is 3.85. The van der Waals surface area contributed by atoms with Crippen LogP contribution in [0.5, 0.6) is 0 Å². The van der Waals surface area contributed by atoms with E-state index >= 15 is 0 Å². The number of thioether (sulfide) groups is 1. The number of aryl methyl sites for hydroxylation is 2. The van der Waals surface area contributed by atoms with Gasteiger partial charge >= 0.3 is 0 Å². The third kappa shape index (κ3) is 5.19. The van der Waals surface area contributed by atoms with Crippen LogP contribution < -0.4 is 5.32 Å². The molecule has 0 bridgehead atoms. The first-order valence-corrected chi connectivity index (χ1v) is 8.42. The first-order valence-electron chi connectivity index (χ1n) is 7.37. The fraction of sp³-hybridized carbons (Fsp3) is 0.647. The highest BCUT2D eigenvalue weighted by molar-refractivity contribution is 7.99. The molecule has 1 nitrogen and oxygen atoms in total. The number of hydrogen-bond donors (Lipinski definition) is 1. The van der Waals surface area contributed by atoms with E-state index in [9.17, 15) is 0 Å². The van der Waals surface area contributed by atoms with Crippen molar-refractivity contribution in [3.05, 3.63) is 34.9 Å². The van der Waals surface area contributed by atoms with Crippen molar-refractivity contribution >= 4 is 11.8 Å². The molecule has 0 aromatic heterocycles. The first kappa shape index (κ1) is 16.6. The zero-order chi connectivity index (χ0) is 14.4. The van der Waals surface area contributed by atoms with Crippen LogP contribution in [-0.4, -0.2) is 17.5 Å². The molecule has 0 aliphatic carbocycles. The highest BCUT2D eigenvalue weighted by atomic mass is 32.2. The Kier molecular flexibility index (Phi) is 6.95. The molecule has 1 aromatic carbocycles. The van der Waals surface area contributed by atoms with Gasteiger partial charge in [0.15, 0.2) is 0 Å². The topological polar surface area (TPSA) is 12.0 Å². The Bertz CT molecular complexity index is 387. The summed E-state index contributed by atoms with van der Waals surface area (Å²) in [5.74, 6) is 1.89. The summed E-state index contributed by atoms with van der Waals surface area (Å²) in [5.41, 5.74) is 4.19. The molecule has 0 saturated carbocycles. The van der Waals surface area contributed by atoms with Crippen molar-refractivity contribution < 1.29 is 0 Å². The van der Waals surface area contributed by atoms with Gasteiger partial charge in [-0.3, -0.25) is 0 Å². The van der Waals surface area contributed by atoms with Crippen molar-refractivity contribution in [2.75, 3.05) is 12.3 Å². The molecule has 0 aliphatic heterocycles. The van der Waals surface area contributed by atoms with Crippen LogP contribution >= 0.6 is 11.8 Å². The quantitative estimate of drug-likeness (QED) is 0.774. The monoisotopic (exact) mass is 279 g/mol. The molecule has 2 heteroatoms. The van der Waals surface area contributed by atoms with E-state index in [0.717, 1.165) is 18.2 Å². The summed E-state index contributed by atoms with van der Waals surface area (Å²) in [6.07, 6.45) is 0. The van der Waals surface area contributed by atoms with E-state index in [1.165, 1.54) is 16.7 Å². The van der Waals surface area contributed by atoms with Crippen LogP contribution in [0, 0.1) is 19.8 Å². The van der Waals surface area contributed by atoms with Crippen molar-refractivity contribution in [3.63, 3.8) is 0 Å².